The van der Waals surface area contributed by atoms with Gasteiger partial charge in [-0.1, -0.05) is 0 Å². The second-order valence-electron chi connectivity index (χ2n) is 6.12. The first-order valence-electron chi connectivity index (χ1n) is 8.19. The van der Waals surface area contributed by atoms with Gasteiger partial charge in [-0.2, -0.15) is 0 Å². The minimum atomic E-state index is 0. The summed E-state index contributed by atoms with van der Waals surface area (Å²) in [7, 11) is 4.31. The van der Waals surface area contributed by atoms with Crippen LogP contribution in [0.1, 0.15) is 30.5 Å². The molecule has 0 aliphatic heterocycles. The van der Waals surface area contributed by atoms with Crippen LogP contribution in [0.15, 0.2) is 10.4 Å². The molecule has 2 N–H and O–H groups in total. The summed E-state index contributed by atoms with van der Waals surface area (Å²) in [6.07, 6.45) is 3.64. The monoisotopic (exact) mass is 451 g/mol. The number of halogens is 1. The quantitative estimate of drug-likeness (QED) is 0.363. The molecule has 1 fully saturated rings. The molecule has 1 atom stereocenters. The number of aliphatic imine (C=N–C) groups is 1. The second-order valence-corrected chi connectivity index (χ2v) is 7.18. The number of likely N-dealkylation sites (N-methyl/N-ethyl adjacent to an activating group) is 1. The standard InChI is InChI=1S/C16H29N5S.HI/c1-5-17-16(18-9-8-14-11-22-12(2)20-14)19-10-15(21(3)4)13-6-7-13;/h11,13,15H,5-10H2,1-4H3,(H2,17,18,19);1H. The molecular formula is C16H30IN5S. The molecule has 0 bridgehead atoms. The molecule has 1 saturated carbocycles. The first kappa shape index (κ1) is 20.6. The van der Waals surface area contributed by atoms with E-state index in [-0.39, 0.29) is 24.0 Å². The maximum Gasteiger partial charge on any atom is 0.191 e. The average molecular weight is 451 g/mol. The maximum atomic E-state index is 4.77. The zero-order valence-electron chi connectivity index (χ0n) is 14.6. The smallest absolute Gasteiger partial charge is 0.191 e. The zero-order valence-corrected chi connectivity index (χ0v) is 17.8. The summed E-state index contributed by atoms with van der Waals surface area (Å²) in [5.74, 6) is 1.75. The normalized spacial score (nSPS) is 16.1. The predicted molar refractivity (Wildman–Crippen MR) is 110 cm³/mol. The highest BCUT2D eigenvalue weighted by molar-refractivity contribution is 14.0. The van der Waals surface area contributed by atoms with Crippen molar-refractivity contribution in [2.75, 3.05) is 33.7 Å². The molecule has 0 spiro atoms. The Hall–Kier alpha value is -0.410. The predicted octanol–water partition coefficient (Wildman–Crippen LogP) is 2.51. The van der Waals surface area contributed by atoms with E-state index in [1.54, 1.807) is 11.3 Å². The van der Waals surface area contributed by atoms with Crippen molar-refractivity contribution in [3.63, 3.8) is 0 Å². The van der Waals surface area contributed by atoms with Crippen LogP contribution in [0.3, 0.4) is 0 Å². The van der Waals surface area contributed by atoms with Crippen LogP contribution in [0.2, 0.25) is 0 Å². The van der Waals surface area contributed by atoms with E-state index in [4.69, 9.17) is 4.99 Å². The van der Waals surface area contributed by atoms with Gasteiger partial charge in [0, 0.05) is 30.9 Å². The van der Waals surface area contributed by atoms with E-state index in [1.807, 2.05) is 6.92 Å². The first-order chi connectivity index (χ1) is 10.6. The minimum Gasteiger partial charge on any atom is -0.357 e. The van der Waals surface area contributed by atoms with E-state index in [0.29, 0.717) is 6.04 Å². The molecule has 23 heavy (non-hydrogen) atoms. The summed E-state index contributed by atoms with van der Waals surface area (Å²) >= 11 is 1.71. The van der Waals surface area contributed by atoms with Crippen LogP contribution < -0.4 is 10.6 Å². The Morgan fingerprint density at radius 2 is 2.17 bits per heavy atom. The number of nitrogens with zero attached hydrogens (tertiary/aromatic N) is 3. The van der Waals surface area contributed by atoms with Crippen molar-refractivity contribution < 1.29 is 0 Å². The molecule has 2 rings (SSSR count). The van der Waals surface area contributed by atoms with Gasteiger partial charge >= 0.3 is 0 Å². The van der Waals surface area contributed by atoms with Crippen molar-refractivity contribution in [1.82, 2.24) is 20.5 Å². The molecule has 0 radical (unpaired) electrons. The third-order valence-electron chi connectivity index (χ3n) is 3.95. The summed E-state index contributed by atoms with van der Waals surface area (Å²) < 4.78 is 0. The van der Waals surface area contributed by atoms with Gasteiger partial charge in [0.2, 0.25) is 0 Å². The van der Waals surface area contributed by atoms with Crippen molar-refractivity contribution in [2.45, 2.75) is 39.2 Å². The molecule has 0 amide bonds. The molecule has 5 nitrogen and oxygen atoms in total. The van der Waals surface area contributed by atoms with Crippen LogP contribution in [-0.2, 0) is 6.42 Å². The van der Waals surface area contributed by atoms with E-state index in [2.05, 4.69) is 46.9 Å². The van der Waals surface area contributed by atoms with Gasteiger partial charge < -0.3 is 15.5 Å². The van der Waals surface area contributed by atoms with Crippen molar-refractivity contribution in [2.24, 2.45) is 10.9 Å². The SMILES string of the molecule is CCNC(=NCC(C1CC1)N(C)C)NCCc1csc(C)n1.I. The Balaban J connectivity index is 0.00000264. The number of thiazole rings is 1. The molecule has 0 saturated heterocycles. The molecule has 0 aromatic carbocycles. The Kier molecular flexibility index (Phi) is 9.38. The number of aromatic nitrogens is 1. The molecule has 132 valence electrons. The number of rotatable bonds is 8. The first-order valence-corrected chi connectivity index (χ1v) is 9.07. The Morgan fingerprint density at radius 3 is 2.70 bits per heavy atom. The third kappa shape index (κ3) is 7.34. The van der Waals surface area contributed by atoms with Crippen LogP contribution in [0.25, 0.3) is 0 Å². The zero-order chi connectivity index (χ0) is 15.9. The van der Waals surface area contributed by atoms with Gasteiger partial charge in [0.15, 0.2) is 5.96 Å². The molecule has 1 aliphatic rings. The maximum absolute atomic E-state index is 4.77. The molecular weight excluding hydrogens is 421 g/mol. The van der Waals surface area contributed by atoms with Crippen LogP contribution in [0.5, 0.6) is 0 Å². The van der Waals surface area contributed by atoms with Gasteiger partial charge in [-0.25, -0.2) is 4.98 Å². The third-order valence-corrected chi connectivity index (χ3v) is 4.77. The molecule has 1 aliphatic carbocycles. The summed E-state index contributed by atoms with van der Waals surface area (Å²) in [6, 6.07) is 0.566. The summed E-state index contributed by atoms with van der Waals surface area (Å²) in [6.45, 7) is 6.77. The average Bonchev–Trinajstić information content (AvgIpc) is 3.21. The molecule has 1 aromatic rings. The lowest BCUT2D eigenvalue weighted by Gasteiger charge is -2.22. The highest BCUT2D eigenvalue weighted by Crippen LogP contribution is 2.34. The fourth-order valence-corrected chi connectivity index (χ4v) is 3.22. The van der Waals surface area contributed by atoms with E-state index in [9.17, 15) is 0 Å². The van der Waals surface area contributed by atoms with Gasteiger partial charge in [-0.3, -0.25) is 4.99 Å². The van der Waals surface area contributed by atoms with E-state index < -0.39 is 0 Å². The topological polar surface area (TPSA) is 52.6 Å². The van der Waals surface area contributed by atoms with Crippen LogP contribution >= 0.6 is 35.3 Å². The van der Waals surface area contributed by atoms with E-state index in [1.165, 1.54) is 12.8 Å². The summed E-state index contributed by atoms with van der Waals surface area (Å²) in [5, 5.41) is 10.0. The van der Waals surface area contributed by atoms with E-state index in [0.717, 1.165) is 48.6 Å². The van der Waals surface area contributed by atoms with Crippen LogP contribution in [0, 0.1) is 12.8 Å². The van der Waals surface area contributed by atoms with Crippen molar-refractivity contribution in [3.8, 4) is 0 Å². The van der Waals surface area contributed by atoms with Crippen LogP contribution in [0.4, 0.5) is 0 Å². The number of nitrogens with one attached hydrogen (secondary N) is 2. The number of hydrogen-bond donors (Lipinski definition) is 2. The largest absolute Gasteiger partial charge is 0.357 e. The van der Waals surface area contributed by atoms with Gasteiger partial charge in [0.1, 0.15) is 0 Å². The lowest BCUT2D eigenvalue weighted by atomic mass is 10.2. The minimum absolute atomic E-state index is 0. The molecule has 1 unspecified atom stereocenters. The van der Waals surface area contributed by atoms with Gasteiger partial charge in [-0.15, -0.1) is 35.3 Å². The fourth-order valence-electron chi connectivity index (χ4n) is 2.57. The van der Waals surface area contributed by atoms with Crippen molar-refractivity contribution >= 4 is 41.3 Å². The number of aryl methyl sites for hydroxylation is 1. The summed E-state index contributed by atoms with van der Waals surface area (Å²) in [5.41, 5.74) is 1.16. The fraction of sp³-hybridized carbons (Fsp3) is 0.750. The van der Waals surface area contributed by atoms with Crippen molar-refractivity contribution in [3.05, 3.63) is 16.1 Å². The van der Waals surface area contributed by atoms with Crippen LogP contribution in [-0.4, -0.2) is 55.6 Å². The Bertz CT molecular complexity index is 483. The second kappa shape index (κ2) is 10.5. The molecule has 7 heteroatoms. The summed E-state index contributed by atoms with van der Waals surface area (Å²) in [4.78, 5) is 11.6. The number of hydrogen-bond acceptors (Lipinski definition) is 4. The lowest BCUT2D eigenvalue weighted by molar-refractivity contribution is 0.271. The van der Waals surface area contributed by atoms with Gasteiger partial charge in [-0.05, 0) is 46.7 Å². The van der Waals surface area contributed by atoms with Gasteiger partial charge in [0.05, 0.1) is 17.2 Å². The highest BCUT2D eigenvalue weighted by Gasteiger charge is 2.32. The molecule has 1 heterocycles. The van der Waals surface area contributed by atoms with E-state index >= 15 is 0 Å². The van der Waals surface area contributed by atoms with Crippen molar-refractivity contribution in [1.29, 1.82) is 0 Å². The molecule has 1 aromatic heterocycles. The van der Waals surface area contributed by atoms with Gasteiger partial charge in [0.25, 0.3) is 0 Å². The lowest BCUT2D eigenvalue weighted by Crippen LogP contribution is -2.40. The number of guanidine groups is 1. The highest BCUT2D eigenvalue weighted by atomic mass is 127. The Labute approximate surface area is 161 Å². The Morgan fingerprint density at radius 1 is 1.43 bits per heavy atom.